The van der Waals surface area contributed by atoms with Crippen molar-refractivity contribution >= 4 is 27.5 Å². The van der Waals surface area contributed by atoms with E-state index in [9.17, 15) is 5.11 Å². The molecule has 3 N–H and O–H groups in total. The van der Waals surface area contributed by atoms with Gasteiger partial charge in [-0.1, -0.05) is 39.7 Å². The van der Waals surface area contributed by atoms with Crippen LogP contribution in [-0.4, -0.2) is 18.8 Å². The lowest BCUT2D eigenvalue weighted by molar-refractivity contribution is 0.147. The van der Waals surface area contributed by atoms with Crippen molar-refractivity contribution in [1.29, 1.82) is 0 Å². The maximum absolute atomic E-state index is 10.6. The van der Waals surface area contributed by atoms with Gasteiger partial charge >= 0.3 is 0 Å². The first kappa shape index (κ1) is 16.3. The standard InChI is InChI=1S/C16H17BrClNO2/c1-21-14-4-2-3-10(7-14)15(9-19)16(20)11-5-12(17)8-13(18)6-11/h2-8,15-16,20H,9,19H2,1H3. The van der Waals surface area contributed by atoms with Gasteiger partial charge in [0.15, 0.2) is 0 Å². The van der Waals surface area contributed by atoms with E-state index < -0.39 is 6.10 Å². The van der Waals surface area contributed by atoms with Gasteiger partial charge in [0.1, 0.15) is 5.75 Å². The van der Waals surface area contributed by atoms with Crippen molar-refractivity contribution in [3.05, 3.63) is 63.1 Å². The molecule has 2 aromatic carbocycles. The zero-order valence-corrected chi connectivity index (χ0v) is 13.9. The Balaban J connectivity index is 2.35. The minimum absolute atomic E-state index is 0.231. The predicted molar refractivity (Wildman–Crippen MR) is 88.9 cm³/mol. The summed E-state index contributed by atoms with van der Waals surface area (Å²) in [4.78, 5) is 0. The number of hydrogen-bond acceptors (Lipinski definition) is 3. The summed E-state index contributed by atoms with van der Waals surface area (Å²) in [5.74, 6) is 0.510. The summed E-state index contributed by atoms with van der Waals surface area (Å²) < 4.78 is 6.05. The highest BCUT2D eigenvalue weighted by Crippen LogP contribution is 2.34. The molecule has 0 aromatic heterocycles. The third-order valence-corrected chi connectivity index (χ3v) is 4.06. The first-order valence-corrected chi connectivity index (χ1v) is 7.70. The molecule has 0 saturated heterocycles. The Bertz CT molecular complexity index is 601. The molecule has 0 radical (unpaired) electrons. The van der Waals surface area contributed by atoms with E-state index in [1.54, 1.807) is 19.2 Å². The van der Waals surface area contributed by atoms with Gasteiger partial charge in [-0.05, 0) is 41.5 Å². The lowest BCUT2D eigenvalue weighted by Gasteiger charge is -2.23. The number of hydrogen-bond donors (Lipinski definition) is 2. The molecule has 0 spiro atoms. The lowest BCUT2D eigenvalue weighted by Crippen LogP contribution is -2.20. The molecule has 112 valence electrons. The van der Waals surface area contributed by atoms with E-state index in [0.29, 0.717) is 11.6 Å². The van der Waals surface area contributed by atoms with Crippen LogP contribution in [0.5, 0.6) is 5.75 Å². The monoisotopic (exact) mass is 369 g/mol. The van der Waals surface area contributed by atoms with Crippen LogP contribution in [0, 0.1) is 0 Å². The van der Waals surface area contributed by atoms with Crippen molar-refractivity contribution in [3.8, 4) is 5.75 Å². The summed E-state index contributed by atoms with van der Waals surface area (Å²) in [6.07, 6.45) is -0.739. The van der Waals surface area contributed by atoms with Gasteiger partial charge in [-0.2, -0.15) is 0 Å². The second-order valence-corrected chi connectivity index (χ2v) is 6.12. The topological polar surface area (TPSA) is 55.5 Å². The summed E-state index contributed by atoms with van der Waals surface area (Å²) >= 11 is 9.43. The highest BCUT2D eigenvalue weighted by Gasteiger charge is 2.22. The van der Waals surface area contributed by atoms with Crippen molar-refractivity contribution < 1.29 is 9.84 Å². The van der Waals surface area contributed by atoms with Gasteiger partial charge in [0.2, 0.25) is 0 Å². The molecule has 0 aliphatic heterocycles. The van der Waals surface area contributed by atoms with Crippen LogP contribution in [-0.2, 0) is 0 Å². The van der Waals surface area contributed by atoms with Gasteiger partial charge in [-0.15, -0.1) is 0 Å². The van der Waals surface area contributed by atoms with E-state index >= 15 is 0 Å². The molecule has 0 saturated carbocycles. The third kappa shape index (κ3) is 3.98. The summed E-state index contributed by atoms with van der Waals surface area (Å²) in [7, 11) is 1.61. The fraction of sp³-hybridized carbons (Fsp3) is 0.250. The number of methoxy groups -OCH3 is 1. The Labute approximate surface area is 137 Å². The molecule has 0 heterocycles. The summed E-state index contributed by atoms with van der Waals surface area (Å²) in [6, 6.07) is 12.9. The number of nitrogens with two attached hydrogens (primary N) is 1. The van der Waals surface area contributed by atoms with Crippen LogP contribution in [0.4, 0.5) is 0 Å². The summed E-state index contributed by atoms with van der Waals surface area (Å²) in [5, 5.41) is 11.2. The predicted octanol–water partition coefficient (Wildman–Crippen LogP) is 3.89. The zero-order valence-electron chi connectivity index (χ0n) is 11.6. The molecule has 2 rings (SSSR count). The average Bonchev–Trinajstić information content (AvgIpc) is 2.47. The zero-order chi connectivity index (χ0) is 15.4. The molecule has 2 unspecified atom stereocenters. The Hall–Kier alpha value is -1.07. The molecule has 0 bridgehead atoms. The molecule has 0 aliphatic rings. The number of aliphatic hydroxyl groups excluding tert-OH is 1. The Morgan fingerprint density at radius 3 is 2.62 bits per heavy atom. The Morgan fingerprint density at radius 2 is 2.00 bits per heavy atom. The van der Waals surface area contributed by atoms with Crippen molar-refractivity contribution in [2.45, 2.75) is 12.0 Å². The van der Waals surface area contributed by atoms with Gasteiger partial charge < -0.3 is 15.6 Å². The van der Waals surface area contributed by atoms with Crippen molar-refractivity contribution in [3.63, 3.8) is 0 Å². The molecule has 0 aliphatic carbocycles. The van der Waals surface area contributed by atoms with Crippen LogP contribution in [0.25, 0.3) is 0 Å². The number of rotatable bonds is 5. The molecule has 0 fully saturated rings. The minimum Gasteiger partial charge on any atom is -0.497 e. The molecule has 2 aromatic rings. The van der Waals surface area contributed by atoms with E-state index in [1.807, 2.05) is 30.3 Å². The highest BCUT2D eigenvalue weighted by molar-refractivity contribution is 9.10. The van der Waals surface area contributed by atoms with Crippen molar-refractivity contribution in [1.82, 2.24) is 0 Å². The SMILES string of the molecule is COc1cccc(C(CN)C(O)c2cc(Cl)cc(Br)c2)c1. The quantitative estimate of drug-likeness (QED) is 0.839. The highest BCUT2D eigenvalue weighted by atomic mass is 79.9. The number of ether oxygens (including phenoxy) is 1. The maximum Gasteiger partial charge on any atom is 0.119 e. The van der Waals surface area contributed by atoms with Crippen molar-refractivity contribution in [2.75, 3.05) is 13.7 Å². The second kappa shape index (κ2) is 7.27. The van der Waals surface area contributed by atoms with Gasteiger partial charge in [-0.3, -0.25) is 0 Å². The van der Waals surface area contributed by atoms with Gasteiger partial charge in [-0.25, -0.2) is 0 Å². The van der Waals surface area contributed by atoms with Crippen LogP contribution in [0.1, 0.15) is 23.1 Å². The molecular formula is C16H17BrClNO2. The van der Waals surface area contributed by atoms with E-state index in [1.165, 1.54) is 0 Å². The molecule has 21 heavy (non-hydrogen) atoms. The van der Waals surface area contributed by atoms with Gasteiger partial charge in [0.05, 0.1) is 13.2 Å². The van der Waals surface area contributed by atoms with Crippen LogP contribution < -0.4 is 10.5 Å². The molecule has 0 amide bonds. The largest absolute Gasteiger partial charge is 0.497 e. The molecule has 3 nitrogen and oxygen atoms in total. The van der Waals surface area contributed by atoms with Gasteiger partial charge in [0.25, 0.3) is 0 Å². The van der Waals surface area contributed by atoms with Crippen LogP contribution in [0.2, 0.25) is 5.02 Å². The van der Waals surface area contributed by atoms with E-state index in [0.717, 1.165) is 21.3 Å². The molecule has 2 atom stereocenters. The second-order valence-electron chi connectivity index (χ2n) is 4.77. The normalized spacial score (nSPS) is 13.8. The average molecular weight is 371 g/mol. The van der Waals surface area contributed by atoms with E-state index in [4.69, 9.17) is 22.1 Å². The summed E-state index contributed by atoms with van der Waals surface area (Å²) in [5.41, 5.74) is 7.53. The first-order valence-electron chi connectivity index (χ1n) is 6.53. The third-order valence-electron chi connectivity index (χ3n) is 3.38. The molecule has 5 heteroatoms. The number of halogens is 2. The number of benzene rings is 2. The Kier molecular flexibility index (Phi) is 5.65. The van der Waals surface area contributed by atoms with E-state index in [-0.39, 0.29) is 5.92 Å². The minimum atomic E-state index is -0.739. The maximum atomic E-state index is 10.6. The lowest BCUT2D eigenvalue weighted by atomic mass is 9.89. The van der Waals surface area contributed by atoms with Crippen LogP contribution >= 0.6 is 27.5 Å². The van der Waals surface area contributed by atoms with Gasteiger partial charge in [0, 0.05) is 22.0 Å². The fourth-order valence-corrected chi connectivity index (χ4v) is 3.18. The fourth-order valence-electron chi connectivity index (χ4n) is 2.30. The van der Waals surface area contributed by atoms with Crippen LogP contribution in [0.15, 0.2) is 46.9 Å². The van der Waals surface area contributed by atoms with Crippen LogP contribution in [0.3, 0.4) is 0 Å². The first-order chi connectivity index (χ1) is 10.0. The summed E-state index contributed by atoms with van der Waals surface area (Å²) in [6.45, 7) is 0.318. The number of aliphatic hydroxyl groups is 1. The van der Waals surface area contributed by atoms with E-state index in [2.05, 4.69) is 15.9 Å². The van der Waals surface area contributed by atoms with Crippen molar-refractivity contribution in [2.24, 2.45) is 5.73 Å². The molecular weight excluding hydrogens is 354 g/mol. The Morgan fingerprint density at radius 1 is 1.24 bits per heavy atom. The smallest absolute Gasteiger partial charge is 0.119 e.